The van der Waals surface area contributed by atoms with Gasteiger partial charge in [0.05, 0.1) is 11.7 Å². The zero-order valence-corrected chi connectivity index (χ0v) is 13.7. The van der Waals surface area contributed by atoms with Crippen molar-refractivity contribution < 1.29 is 13.2 Å². The molecule has 1 aliphatic heterocycles. The molecule has 1 atom stereocenters. The maximum Gasteiger partial charge on any atom is 0.242 e. The highest BCUT2D eigenvalue weighted by molar-refractivity contribution is 7.89. The highest BCUT2D eigenvalue weighted by Crippen LogP contribution is 2.20. The Morgan fingerprint density at radius 3 is 2.62 bits per heavy atom. The van der Waals surface area contributed by atoms with Crippen LogP contribution in [0, 0.1) is 5.92 Å². The average molecular weight is 334 g/mol. The van der Waals surface area contributed by atoms with E-state index in [0.717, 1.165) is 12.8 Å². The van der Waals surface area contributed by atoms with E-state index >= 15 is 0 Å². The lowest BCUT2D eigenvalue weighted by Gasteiger charge is -2.30. The van der Waals surface area contributed by atoms with E-state index in [9.17, 15) is 13.2 Å². The molecule has 2 aliphatic rings. The van der Waals surface area contributed by atoms with Crippen LogP contribution in [0.1, 0.15) is 32.6 Å². The fourth-order valence-electron chi connectivity index (χ4n) is 2.26. The predicted octanol–water partition coefficient (Wildman–Crippen LogP) is -0.294. The molecule has 0 spiro atoms. The minimum absolute atomic E-state index is 0.0645. The van der Waals surface area contributed by atoms with Gasteiger partial charge in [-0.05, 0) is 44.8 Å². The third-order valence-electron chi connectivity index (χ3n) is 3.72. The zero-order valence-electron chi connectivity index (χ0n) is 12.1. The molecule has 120 valence electrons. The summed E-state index contributed by atoms with van der Waals surface area (Å²) in [7, 11) is -3.23. The third-order valence-corrected chi connectivity index (χ3v) is 5.79. The lowest BCUT2D eigenvalue weighted by molar-refractivity contribution is -0.126. The number of hydrazine groups is 1. The summed E-state index contributed by atoms with van der Waals surface area (Å²) < 4.78 is 25.1. The monoisotopic (exact) mass is 334 g/mol. The molecule has 1 aliphatic carbocycles. The molecule has 2 rings (SSSR count). The Morgan fingerprint density at radius 2 is 2.00 bits per heavy atom. The minimum Gasteiger partial charge on any atom is -0.359 e. The van der Waals surface area contributed by atoms with Gasteiger partial charge in [0.1, 0.15) is 0 Å². The Morgan fingerprint density at radius 1 is 1.29 bits per heavy atom. The molecular formula is C12H22N4O3S2. The van der Waals surface area contributed by atoms with Gasteiger partial charge < -0.3 is 5.32 Å². The molecule has 0 unspecified atom stereocenters. The molecule has 3 N–H and O–H groups in total. The molecule has 1 saturated carbocycles. The van der Waals surface area contributed by atoms with E-state index in [0.29, 0.717) is 30.5 Å². The molecular weight excluding hydrogens is 312 g/mol. The van der Waals surface area contributed by atoms with Crippen LogP contribution in [0.4, 0.5) is 0 Å². The molecule has 1 amide bonds. The molecule has 0 bridgehead atoms. The first-order valence-electron chi connectivity index (χ1n) is 7.26. The van der Waals surface area contributed by atoms with Crippen LogP contribution < -0.4 is 16.2 Å². The van der Waals surface area contributed by atoms with Crippen LogP contribution in [0.2, 0.25) is 0 Å². The first-order chi connectivity index (χ1) is 9.92. The number of thiocarbonyl (C=S) groups is 1. The fourth-order valence-corrected chi connectivity index (χ4v) is 3.66. The van der Waals surface area contributed by atoms with Gasteiger partial charge in [-0.15, -0.1) is 0 Å². The minimum atomic E-state index is -3.23. The number of sulfonamides is 1. The normalized spacial score (nSPS) is 23.4. The van der Waals surface area contributed by atoms with Crippen molar-refractivity contribution in [2.24, 2.45) is 5.92 Å². The van der Waals surface area contributed by atoms with Gasteiger partial charge in [-0.25, -0.2) is 12.7 Å². The van der Waals surface area contributed by atoms with Crippen molar-refractivity contribution in [3.8, 4) is 0 Å². The van der Waals surface area contributed by atoms with Crippen LogP contribution >= 0.6 is 12.2 Å². The van der Waals surface area contributed by atoms with Crippen molar-refractivity contribution in [3.63, 3.8) is 0 Å². The van der Waals surface area contributed by atoms with Gasteiger partial charge in [-0.3, -0.25) is 15.6 Å². The van der Waals surface area contributed by atoms with Gasteiger partial charge in [0.25, 0.3) is 0 Å². The molecule has 21 heavy (non-hydrogen) atoms. The van der Waals surface area contributed by atoms with Crippen molar-refractivity contribution in [1.82, 2.24) is 20.5 Å². The molecule has 0 aromatic heterocycles. The Balaban J connectivity index is 1.79. The van der Waals surface area contributed by atoms with Crippen molar-refractivity contribution in [3.05, 3.63) is 0 Å². The van der Waals surface area contributed by atoms with Crippen LogP contribution in [0.3, 0.4) is 0 Å². The maximum absolute atomic E-state index is 12.1. The first kappa shape index (κ1) is 16.4. The Labute approximate surface area is 130 Å². The topological polar surface area (TPSA) is 90.5 Å². The highest BCUT2D eigenvalue weighted by atomic mass is 32.2. The lowest BCUT2D eigenvalue weighted by Crippen LogP contribution is -2.52. The number of nitrogens with one attached hydrogen (secondary N) is 3. The van der Waals surface area contributed by atoms with Gasteiger partial charge in [0, 0.05) is 19.1 Å². The van der Waals surface area contributed by atoms with Crippen LogP contribution in [0.25, 0.3) is 0 Å². The van der Waals surface area contributed by atoms with Gasteiger partial charge in [0.15, 0.2) is 5.11 Å². The summed E-state index contributed by atoms with van der Waals surface area (Å²) in [5.74, 6) is -0.489. The number of hydrogen-bond acceptors (Lipinski definition) is 4. The fraction of sp³-hybridized carbons (Fsp3) is 0.833. The molecule has 1 saturated heterocycles. The second kappa shape index (κ2) is 6.89. The van der Waals surface area contributed by atoms with Gasteiger partial charge in [-0.1, -0.05) is 0 Å². The number of piperidine rings is 1. The highest BCUT2D eigenvalue weighted by Gasteiger charge is 2.31. The van der Waals surface area contributed by atoms with Crippen LogP contribution in [0.5, 0.6) is 0 Å². The lowest BCUT2D eigenvalue weighted by atomic mass is 9.99. The Kier molecular flexibility index (Phi) is 5.39. The second-order valence-corrected chi connectivity index (χ2v) is 8.13. The number of amides is 1. The Bertz CT molecular complexity index is 505. The van der Waals surface area contributed by atoms with Crippen LogP contribution in [0.15, 0.2) is 0 Å². The zero-order chi connectivity index (χ0) is 15.5. The van der Waals surface area contributed by atoms with Gasteiger partial charge in [-0.2, -0.15) is 0 Å². The van der Waals surface area contributed by atoms with E-state index in [2.05, 4.69) is 16.2 Å². The van der Waals surface area contributed by atoms with Crippen LogP contribution in [-0.2, 0) is 14.8 Å². The van der Waals surface area contributed by atoms with Crippen molar-refractivity contribution >= 4 is 33.3 Å². The second-order valence-electron chi connectivity index (χ2n) is 5.46. The SMILES string of the molecule is CCS(=O)(=O)N1CCC[C@H](C(=O)NNC(=S)NC2CC2)C1. The summed E-state index contributed by atoms with van der Waals surface area (Å²) >= 11 is 5.05. The van der Waals surface area contributed by atoms with E-state index in [1.54, 1.807) is 6.92 Å². The van der Waals surface area contributed by atoms with E-state index in [4.69, 9.17) is 12.2 Å². The van der Waals surface area contributed by atoms with Crippen LogP contribution in [-0.4, -0.2) is 48.6 Å². The molecule has 0 aromatic carbocycles. The van der Waals surface area contributed by atoms with E-state index in [1.807, 2.05) is 0 Å². The van der Waals surface area contributed by atoms with Crippen molar-refractivity contribution in [2.45, 2.75) is 38.6 Å². The van der Waals surface area contributed by atoms with Crippen molar-refractivity contribution in [1.29, 1.82) is 0 Å². The smallest absolute Gasteiger partial charge is 0.242 e. The average Bonchev–Trinajstić information content (AvgIpc) is 3.28. The molecule has 7 nitrogen and oxygen atoms in total. The standard InChI is InChI=1S/C12H22N4O3S2/c1-2-21(18,19)16-7-3-4-9(8-16)11(17)14-15-12(20)13-10-5-6-10/h9-10H,2-8H2,1H3,(H,14,17)(H2,13,15,20)/t9-/m0/s1. The first-order valence-corrected chi connectivity index (χ1v) is 9.28. The summed E-state index contributed by atoms with van der Waals surface area (Å²) in [5.41, 5.74) is 5.23. The molecule has 2 fully saturated rings. The van der Waals surface area contributed by atoms with Crippen molar-refractivity contribution in [2.75, 3.05) is 18.8 Å². The quantitative estimate of drug-likeness (QED) is 0.483. The maximum atomic E-state index is 12.1. The molecule has 0 radical (unpaired) electrons. The number of carbonyl (C=O) groups is 1. The summed E-state index contributed by atoms with van der Waals surface area (Å²) in [4.78, 5) is 12.1. The molecule has 0 aromatic rings. The predicted molar refractivity (Wildman–Crippen MR) is 83.8 cm³/mol. The summed E-state index contributed by atoms with van der Waals surface area (Å²) in [5, 5.41) is 3.46. The molecule has 9 heteroatoms. The van der Waals surface area contributed by atoms with E-state index in [1.165, 1.54) is 4.31 Å². The number of hydrogen-bond donors (Lipinski definition) is 3. The van der Waals surface area contributed by atoms with Gasteiger partial charge >= 0.3 is 0 Å². The summed E-state index contributed by atoms with van der Waals surface area (Å²) in [6, 6.07) is 0.418. The number of rotatable bonds is 4. The largest absolute Gasteiger partial charge is 0.359 e. The number of carbonyl (C=O) groups excluding carboxylic acids is 1. The summed E-state index contributed by atoms with van der Waals surface area (Å²) in [6.45, 7) is 2.35. The third kappa shape index (κ3) is 4.79. The summed E-state index contributed by atoms with van der Waals surface area (Å²) in [6.07, 6.45) is 3.58. The molecule has 1 heterocycles. The van der Waals surface area contributed by atoms with E-state index in [-0.39, 0.29) is 24.1 Å². The number of nitrogens with zero attached hydrogens (tertiary/aromatic N) is 1. The Hall–Kier alpha value is -0.930. The van der Waals surface area contributed by atoms with E-state index < -0.39 is 10.0 Å². The van der Waals surface area contributed by atoms with Gasteiger partial charge in [0.2, 0.25) is 15.9 Å².